The van der Waals surface area contributed by atoms with Crippen molar-refractivity contribution in [1.29, 1.82) is 0 Å². The summed E-state index contributed by atoms with van der Waals surface area (Å²) < 4.78 is 0.749. The van der Waals surface area contributed by atoms with E-state index in [9.17, 15) is 4.79 Å². The fraction of sp³-hybridized carbons (Fsp3) is 0.308. The molecule has 0 N–H and O–H groups in total. The van der Waals surface area contributed by atoms with Gasteiger partial charge in [0.05, 0.1) is 10.6 Å². The second-order valence-corrected chi connectivity index (χ2v) is 5.31. The van der Waals surface area contributed by atoms with Crippen molar-refractivity contribution in [3.8, 4) is 0 Å². The molecule has 1 saturated carbocycles. The fourth-order valence-electron chi connectivity index (χ4n) is 1.75. The van der Waals surface area contributed by atoms with Crippen molar-refractivity contribution in [3.05, 3.63) is 45.9 Å². The van der Waals surface area contributed by atoms with Crippen molar-refractivity contribution in [2.24, 2.45) is 0 Å². The van der Waals surface area contributed by atoms with E-state index in [0.29, 0.717) is 23.2 Å². The number of amides is 1. The minimum atomic E-state index is -0.0151. The number of hydrogen-bond donors (Lipinski definition) is 0. The highest BCUT2D eigenvalue weighted by molar-refractivity contribution is 9.10. The Morgan fingerprint density at radius 2 is 2.29 bits per heavy atom. The lowest BCUT2D eigenvalue weighted by Crippen LogP contribution is -2.33. The summed E-state index contributed by atoms with van der Waals surface area (Å²) in [7, 11) is 0. The third-order valence-electron chi connectivity index (χ3n) is 2.76. The molecule has 0 atom stereocenters. The normalized spacial score (nSPS) is 14.5. The summed E-state index contributed by atoms with van der Waals surface area (Å²) in [6, 6.07) is 5.76. The zero-order valence-electron chi connectivity index (χ0n) is 9.33. The van der Waals surface area contributed by atoms with Crippen LogP contribution in [-0.2, 0) is 0 Å². The van der Waals surface area contributed by atoms with Crippen molar-refractivity contribution in [3.63, 3.8) is 0 Å². The maximum atomic E-state index is 12.4. The molecule has 1 amide bonds. The van der Waals surface area contributed by atoms with Crippen molar-refractivity contribution in [2.45, 2.75) is 18.9 Å². The van der Waals surface area contributed by atoms with Crippen LogP contribution in [0.15, 0.2) is 35.3 Å². The van der Waals surface area contributed by atoms with Gasteiger partial charge in [-0.3, -0.25) is 4.79 Å². The molecule has 1 aliphatic rings. The van der Waals surface area contributed by atoms with Gasteiger partial charge in [0.15, 0.2) is 0 Å². The van der Waals surface area contributed by atoms with E-state index in [2.05, 4.69) is 22.5 Å². The molecule has 1 aliphatic carbocycles. The van der Waals surface area contributed by atoms with Crippen LogP contribution in [0, 0.1) is 0 Å². The quantitative estimate of drug-likeness (QED) is 0.772. The van der Waals surface area contributed by atoms with Gasteiger partial charge in [-0.15, -0.1) is 6.58 Å². The van der Waals surface area contributed by atoms with Crippen molar-refractivity contribution in [2.75, 3.05) is 6.54 Å². The average molecular weight is 315 g/mol. The number of rotatable bonds is 4. The molecule has 90 valence electrons. The van der Waals surface area contributed by atoms with Crippen LogP contribution in [0.1, 0.15) is 23.2 Å². The number of carbonyl (C=O) groups excluding carboxylic acids is 1. The molecule has 1 aromatic carbocycles. The van der Waals surface area contributed by atoms with E-state index in [4.69, 9.17) is 11.6 Å². The lowest BCUT2D eigenvalue weighted by molar-refractivity contribution is 0.0763. The first-order chi connectivity index (χ1) is 8.15. The maximum Gasteiger partial charge on any atom is 0.255 e. The molecule has 0 bridgehead atoms. The number of halogens is 2. The zero-order valence-corrected chi connectivity index (χ0v) is 11.7. The maximum absolute atomic E-state index is 12.4. The molecule has 0 heterocycles. The van der Waals surface area contributed by atoms with Gasteiger partial charge in [-0.05, 0) is 40.9 Å². The van der Waals surface area contributed by atoms with E-state index in [1.807, 2.05) is 17.0 Å². The Bertz CT molecular complexity index is 457. The highest BCUT2D eigenvalue weighted by Gasteiger charge is 2.33. The van der Waals surface area contributed by atoms with Gasteiger partial charge < -0.3 is 4.90 Å². The van der Waals surface area contributed by atoms with Crippen LogP contribution in [0.2, 0.25) is 5.02 Å². The van der Waals surface area contributed by atoms with Crippen LogP contribution in [0.5, 0.6) is 0 Å². The van der Waals surface area contributed by atoms with Crippen molar-refractivity contribution < 1.29 is 4.79 Å². The molecule has 1 fully saturated rings. The molecule has 17 heavy (non-hydrogen) atoms. The number of nitrogens with zero attached hydrogens (tertiary/aromatic N) is 1. The molecule has 2 rings (SSSR count). The first kappa shape index (κ1) is 12.7. The molecular formula is C13H13BrClNO. The first-order valence-electron chi connectivity index (χ1n) is 5.51. The highest BCUT2D eigenvalue weighted by Crippen LogP contribution is 2.31. The lowest BCUT2D eigenvalue weighted by Gasteiger charge is -2.21. The van der Waals surface area contributed by atoms with Crippen LogP contribution in [0.3, 0.4) is 0 Å². The van der Waals surface area contributed by atoms with Crippen LogP contribution < -0.4 is 0 Å². The third kappa shape index (κ3) is 2.72. The Hall–Kier alpha value is -0.800. The Labute approximate surface area is 114 Å². The monoisotopic (exact) mass is 313 g/mol. The summed E-state index contributed by atoms with van der Waals surface area (Å²) in [5, 5.41) is 0.479. The zero-order chi connectivity index (χ0) is 12.4. The minimum absolute atomic E-state index is 0.0151. The summed E-state index contributed by atoms with van der Waals surface area (Å²) >= 11 is 9.47. The van der Waals surface area contributed by atoms with E-state index in [1.54, 1.807) is 12.1 Å². The average Bonchev–Trinajstić information content (AvgIpc) is 3.13. The Morgan fingerprint density at radius 3 is 2.88 bits per heavy atom. The highest BCUT2D eigenvalue weighted by atomic mass is 79.9. The molecular weight excluding hydrogens is 302 g/mol. The van der Waals surface area contributed by atoms with Gasteiger partial charge in [-0.1, -0.05) is 23.7 Å². The fourth-order valence-corrected chi connectivity index (χ4v) is 2.32. The van der Waals surface area contributed by atoms with Crippen molar-refractivity contribution in [1.82, 2.24) is 4.90 Å². The predicted molar refractivity (Wildman–Crippen MR) is 73.4 cm³/mol. The molecule has 1 aromatic rings. The minimum Gasteiger partial charge on any atom is -0.332 e. The molecule has 0 spiro atoms. The molecule has 0 aliphatic heterocycles. The Kier molecular flexibility index (Phi) is 3.89. The molecule has 0 aromatic heterocycles. The number of benzene rings is 1. The van der Waals surface area contributed by atoms with Gasteiger partial charge in [0.2, 0.25) is 0 Å². The van der Waals surface area contributed by atoms with Gasteiger partial charge in [-0.25, -0.2) is 0 Å². The van der Waals surface area contributed by atoms with E-state index >= 15 is 0 Å². The van der Waals surface area contributed by atoms with Crippen molar-refractivity contribution >= 4 is 33.4 Å². The van der Waals surface area contributed by atoms with Crippen LogP contribution >= 0.6 is 27.5 Å². The first-order valence-corrected chi connectivity index (χ1v) is 6.68. The second-order valence-electron chi connectivity index (χ2n) is 4.08. The van der Waals surface area contributed by atoms with Gasteiger partial charge in [-0.2, -0.15) is 0 Å². The van der Waals surface area contributed by atoms with E-state index in [1.165, 1.54) is 0 Å². The van der Waals surface area contributed by atoms with Gasteiger partial charge in [0.1, 0.15) is 0 Å². The largest absolute Gasteiger partial charge is 0.332 e. The summed E-state index contributed by atoms with van der Waals surface area (Å²) in [4.78, 5) is 14.2. The molecule has 0 saturated heterocycles. The topological polar surface area (TPSA) is 20.3 Å². The standard InChI is InChI=1S/C13H13BrClNO/c1-2-8-16(9-6-7-9)13(17)10-4-3-5-11(14)12(10)15/h2-5,9H,1,6-8H2. The van der Waals surface area contributed by atoms with Gasteiger partial charge >= 0.3 is 0 Å². The smallest absolute Gasteiger partial charge is 0.255 e. The SMILES string of the molecule is C=CCN(C(=O)c1cccc(Br)c1Cl)C1CC1. The van der Waals surface area contributed by atoms with Crippen LogP contribution in [0.4, 0.5) is 0 Å². The number of carbonyl (C=O) groups is 1. The molecule has 2 nitrogen and oxygen atoms in total. The lowest BCUT2D eigenvalue weighted by atomic mass is 10.2. The molecule has 4 heteroatoms. The van der Waals surface area contributed by atoms with E-state index < -0.39 is 0 Å². The van der Waals surface area contributed by atoms with Gasteiger partial charge in [0, 0.05) is 17.1 Å². The van der Waals surface area contributed by atoms with E-state index in [0.717, 1.165) is 17.3 Å². The Morgan fingerprint density at radius 1 is 1.59 bits per heavy atom. The third-order valence-corrected chi connectivity index (χ3v) is 4.05. The summed E-state index contributed by atoms with van der Waals surface area (Å²) in [6.07, 6.45) is 3.90. The molecule has 0 unspecified atom stereocenters. The summed E-state index contributed by atoms with van der Waals surface area (Å²) in [5.74, 6) is -0.0151. The van der Waals surface area contributed by atoms with E-state index in [-0.39, 0.29) is 5.91 Å². The molecule has 0 radical (unpaired) electrons. The van der Waals surface area contributed by atoms with Gasteiger partial charge in [0.25, 0.3) is 5.91 Å². The van der Waals surface area contributed by atoms with Crippen LogP contribution in [-0.4, -0.2) is 23.4 Å². The van der Waals surface area contributed by atoms with Crippen LogP contribution in [0.25, 0.3) is 0 Å². The second kappa shape index (κ2) is 5.23. The summed E-state index contributed by atoms with van der Waals surface area (Å²) in [5.41, 5.74) is 0.551. The predicted octanol–water partition coefficient (Wildman–Crippen LogP) is 3.89. The Balaban J connectivity index is 2.28. The number of hydrogen-bond acceptors (Lipinski definition) is 1. The summed E-state index contributed by atoms with van der Waals surface area (Å²) in [6.45, 7) is 4.27.